The summed E-state index contributed by atoms with van der Waals surface area (Å²) < 4.78 is 7.30. The normalized spacial score (nSPS) is 11.9. The highest BCUT2D eigenvalue weighted by molar-refractivity contribution is 5.95. The highest BCUT2D eigenvalue weighted by Gasteiger charge is 2.19. The third-order valence-corrected chi connectivity index (χ3v) is 4.98. The van der Waals surface area contributed by atoms with Crippen LogP contribution in [0.2, 0.25) is 0 Å². The first-order valence-electron chi connectivity index (χ1n) is 10.1. The molecule has 0 spiro atoms. The van der Waals surface area contributed by atoms with E-state index in [0.717, 1.165) is 29.0 Å². The zero-order valence-corrected chi connectivity index (χ0v) is 17.3. The number of benzene rings is 2. The monoisotopic (exact) mass is 417 g/mol. The van der Waals surface area contributed by atoms with E-state index >= 15 is 0 Å². The van der Waals surface area contributed by atoms with Gasteiger partial charge in [0.25, 0.3) is 5.91 Å². The van der Waals surface area contributed by atoms with Gasteiger partial charge in [-0.1, -0.05) is 47.6 Å². The molecule has 2 aromatic carbocycles. The van der Waals surface area contributed by atoms with Crippen LogP contribution in [0.4, 0.5) is 0 Å². The molecule has 4 aromatic rings. The summed E-state index contributed by atoms with van der Waals surface area (Å²) in [4.78, 5) is 29.4. The quantitative estimate of drug-likeness (QED) is 0.480. The summed E-state index contributed by atoms with van der Waals surface area (Å²) in [6, 6.07) is 18.4. The second-order valence-corrected chi connectivity index (χ2v) is 7.12. The third kappa shape index (κ3) is 4.32. The van der Waals surface area contributed by atoms with Gasteiger partial charge in [-0.3, -0.25) is 9.59 Å². The molecule has 0 aliphatic heterocycles. The number of carbonyl (C=O) groups excluding carboxylic acids is 2. The Labute approximate surface area is 179 Å². The van der Waals surface area contributed by atoms with E-state index in [1.54, 1.807) is 6.07 Å². The Morgan fingerprint density at radius 1 is 1.10 bits per heavy atom. The molecule has 0 bridgehead atoms. The number of imidazole rings is 1. The molecule has 1 unspecified atom stereocenters. The molecule has 31 heavy (non-hydrogen) atoms. The molecule has 0 aliphatic rings. The number of hydrogen-bond acceptors (Lipinski definition) is 5. The highest BCUT2D eigenvalue weighted by atomic mass is 16.5. The van der Waals surface area contributed by atoms with Gasteiger partial charge in [-0.2, -0.15) is 0 Å². The van der Waals surface area contributed by atoms with Gasteiger partial charge in [-0.25, -0.2) is 4.98 Å². The van der Waals surface area contributed by atoms with Crippen LogP contribution >= 0.6 is 0 Å². The molecule has 2 heterocycles. The van der Waals surface area contributed by atoms with Crippen LogP contribution in [0.5, 0.6) is 0 Å². The number of fused-ring (bicyclic) bond motifs is 1. The summed E-state index contributed by atoms with van der Waals surface area (Å²) in [5.74, 6) is 0.464. The van der Waals surface area contributed by atoms with E-state index in [1.165, 1.54) is 0 Å². The fraction of sp³-hybridized carbons (Fsp3) is 0.217. The summed E-state index contributed by atoms with van der Waals surface area (Å²) in [7, 11) is 0. The minimum atomic E-state index is -0.477. The van der Waals surface area contributed by atoms with Crippen molar-refractivity contribution in [3.63, 3.8) is 0 Å². The van der Waals surface area contributed by atoms with Crippen LogP contribution in [0, 0.1) is 0 Å². The molecule has 0 radical (unpaired) electrons. The molecule has 2 amide bonds. The summed E-state index contributed by atoms with van der Waals surface area (Å²) in [5.41, 5.74) is 2.84. The van der Waals surface area contributed by atoms with Crippen molar-refractivity contribution in [3.8, 4) is 11.3 Å². The van der Waals surface area contributed by atoms with E-state index < -0.39 is 5.91 Å². The van der Waals surface area contributed by atoms with Gasteiger partial charge in [-0.15, -0.1) is 0 Å². The minimum Gasteiger partial charge on any atom is -0.355 e. The van der Waals surface area contributed by atoms with Crippen molar-refractivity contribution in [1.29, 1.82) is 0 Å². The fourth-order valence-corrected chi connectivity index (χ4v) is 3.49. The predicted molar refractivity (Wildman–Crippen MR) is 116 cm³/mol. The number of carbonyl (C=O) groups is 2. The highest BCUT2D eigenvalue weighted by Crippen LogP contribution is 2.21. The van der Waals surface area contributed by atoms with Gasteiger partial charge >= 0.3 is 0 Å². The van der Waals surface area contributed by atoms with Crippen LogP contribution < -0.4 is 10.6 Å². The molecule has 8 heteroatoms. The van der Waals surface area contributed by atoms with E-state index in [9.17, 15) is 9.59 Å². The molecule has 2 aromatic heterocycles. The average Bonchev–Trinajstić information content (AvgIpc) is 3.43. The standard InChI is InChI=1S/C23H23N5O3/c1-3-28-19-12-8-7-11-17(19)26-22(28)15(2)25-21(29)14-24-23(30)18-13-20(31-27-18)16-9-5-4-6-10-16/h4-13,15H,3,14H2,1-2H3,(H,24,30)(H,25,29). The number of nitrogens with one attached hydrogen (secondary N) is 2. The number of para-hydroxylation sites is 2. The van der Waals surface area contributed by atoms with Gasteiger partial charge < -0.3 is 19.7 Å². The van der Waals surface area contributed by atoms with E-state index in [2.05, 4.69) is 25.3 Å². The molecular weight excluding hydrogens is 394 g/mol. The number of hydrogen-bond donors (Lipinski definition) is 2. The molecular formula is C23H23N5O3. The maximum atomic E-state index is 12.4. The molecule has 4 rings (SSSR count). The van der Waals surface area contributed by atoms with Crippen LogP contribution in [-0.4, -0.2) is 33.1 Å². The molecule has 0 aliphatic carbocycles. The molecule has 0 saturated carbocycles. The van der Waals surface area contributed by atoms with Gasteiger partial charge in [-0.05, 0) is 26.0 Å². The van der Waals surface area contributed by atoms with Crippen LogP contribution in [-0.2, 0) is 11.3 Å². The number of amides is 2. The Kier molecular flexibility index (Phi) is 5.79. The number of rotatable bonds is 7. The van der Waals surface area contributed by atoms with Crippen molar-refractivity contribution in [2.24, 2.45) is 0 Å². The third-order valence-electron chi connectivity index (χ3n) is 4.98. The first-order valence-corrected chi connectivity index (χ1v) is 10.1. The lowest BCUT2D eigenvalue weighted by molar-refractivity contribution is -0.120. The Morgan fingerprint density at radius 3 is 2.61 bits per heavy atom. The fourth-order valence-electron chi connectivity index (χ4n) is 3.49. The van der Waals surface area contributed by atoms with Crippen molar-refractivity contribution in [2.45, 2.75) is 26.4 Å². The predicted octanol–water partition coefficient (Wildman–Crippen LogP) is 3.32. The van der Waals surface area contributed by atoms with E-state index in [-0.39, 0.29) is 24.2 Å². The smallest absolute Gasteiger partial charge is 0.273 e. The lowest BCUT2D eigenvalue weighted by atomic mass is 10.1. The van der Waals surface area contributed by atoms with Crippen LogP contribution in [0.15, 0.2) is 65.2 Å². The summed E-state index contributed by atoms with van der Waals surface area (Å²) in [5, 5.41) is 9.26. The van der Waals surface area contributed by atoms with Crippen molar-refractivity contribution in [3.05, 3.63) is 72.2 Å². The van der Waals surface area contributed by atoms with Gasteiger partial charge in [0, 0.05) is 18.2 Å². The molecule has 8 nitrogen and oxygen atoms in total. The topological polar surface area (TPSA) is 102 Å². The lowest BCUT2D eigenvalue weighted by Gasteiger charge is -2.15. The number of aromatic nitrogens is 3. The van der Waals surface area contributed by atoms with Gasteiger partial charge in [0.1, 0.15) is 5.82 Å². The Bertz CT molecular complexity index is 1210. The van der Waals surface area contributed by atoms with Crippen molar-refractivity contribution >= 4 is 22.8 Å². The van der Waals surface area contributed by atoms with Crippen LogP contribution in [0.1, 0.15) is 36.2 Å². The van der Waals surface area contributed by atoms with Crippen molar-refractivity contribution in [2.75, 3.05) is 6.54 Å². The summed E-state index contributed by atoms with van der Waals surface area (Å²) in [6.45, 7) is 4.47. The van der Waals surface area contributed by atoms with Gasteiger partial charge in [0.05, 0.1) is 23.6 Å². The molecule has 2 N–H and O–H groups in total. The SMILES string of the molecule is CCn1c(C(C)NC(=O)CNC(=O)c2cc(-c3ccccc3)on2)nc2ccccc21. The van der Waals surface area contributed by atoms with Crippen LogP contribution in [0.3, 0.4) is 0 Å². The zero-order valence-electron chi connectivity index (χ0n) is 17.3. The van der Waals surface area contributed by atoms with E-state index in [0.29, 0.717) is 5.76 Å². The van der Waals surface area contributed by atoms with Crippen molar-refractivity contribution in [1.82, 2.24) is 25.3 Å². The summed E-state index contributed by atoms with van der Waals surface area (Å²) >= 11 is 0. The lowest BCUT2D eigenvalue weighted by Crippen LogP contribution is -2.38. The van der Waals surface area contributed by atoms with Crippen molar-refractivity contribution < 1.29 is 14.1 Å². The van der Waals surface area contributed by atoms with E-state index in [4.69, 9.17) is 4.52 Å². The largest absolute Gasteiger partial charge is 0.355 e. The first kappa shape index (κ1) is 20.3. The zero-order chi connectivity index (χ0) is 21.8. The molecule has 158 valence electrons. The molecule has 0 fully saturated rings. The minimum absolute atomic E-state index is 0.118. The number of nitrogens with zero attached hydrogens (tertiary/aromatic N) is 3. The second-order valence-electron chi connectivity index (χ2n) is 7.12. The Morgan fingerprint density at radius 2 is 1.84 bits per heavy atom. The average molecular weight is 417 g/mol. The number of aryl methyl sites for hydroxylation is 1. The first-order chi connectivity index (χ1) is 15.1. The maximum Gasteiger partial charge on any atom is 0.273 e. The molecule has 1 atom stereocenters. The Balaban J connectivity index is 1.36. The van der Waals surface area contributed by atoms with Gasteiger partial charge in [0.15, 0.2) is 11.5 Å². The van der Waals surface area contributed by atoms with Crippen LogP contribution in [0.25, 0.3) is 22.4 Å². The van der Waals surface area contributed by atoms with E-state index in [1.807, 2.05) is 68.4 Å². The Hall–Kier alpha value is -3.94. The second kappa shape index (κ2) is 8.83. The summed E-state index contributed by atoms with van der Waals surface area (Å²) in [6.07, 6.45) is 0. The maximum absolute atomic E-state index is 12.4. The molecule has 0 saturated heterocycles. The van der Waals surface area contributed by atoms with Gasteiger partial charge in [0.2, 0.25) is 5.91 Å².